The Hall–Kier alpha value is -2.82. The van der Waals surface area contributed by atoms with Crippen molar-refractivity contribution in [2.75, 3.05) is 30.3 Å². The molecule has 1 heterocycles. The second-order valence-electron chi connectivity index (χ2n) is 7.86. The zero-order valence-corrected chi connectivity index (χ0v) is 16.5. The molecular formula is C20H27FN4O3. The number of hydrogen-bond acceptors (Lipinski definition) is 5. The molecule has 1 aliphatic heterocycles. The smallest absolute Gasteiger partial charge is 0.410 e. The minimum Gasteiger partial charge on any atom is -0.444 e. The molecule has 152 valence electrons. The number of nitriles is 1. The average molecular weight is 390 g/mol. The standard InChI is InChI=1S/C20H27FN4O3/c1-20(2,3)28-19(27)25-10-7-14(8-11-25)13-23-16-5-4-15(21)12-17(16)24-18(26)6-9-22/h4-5,12,14,23H,6-8,10-11,13H2,1-3H3,(H,24,26). The highest BCUT2D eigenvalue weighted by Crippen LogP contribution is 2.25. The van der Waals surface area contributed by atoms with Crippen LogP contribution < -0.4 is 10.6 Å². The van der Waals surface area contributed by atoms with E-state index in [9.17, 15) is 14.0 Å². The third-order valence-electron chi connectivity index (χ3n) is 4.34. The van der Waals surface area contributed by atoms with Gasteiger partial charge in [0, 0.05) is 19.6 Å². The largest absolute Gasteiger partial charge is 0.444 e. The lowest BCUT2D eigenvalue weighted by Crippen LogP contribution is -2.42. The first-order valence-electron chi connectivity index (χ1n) is 9.36. The van der Waals surface area contributed by atoms with E-state index in [1.807, 2.05) is 20.8 Å². The number of carbonyl (C=O) groups is 2. The third-order valence-corrected chi connectivity index (χ3v) is 4.34. The van der Waals surface area contributed by atoms with Crippen molar-refractivity contribution in [3.63, 3.8) is 0 Å². The van der Waals surface area contributed by atoms with Gasteiger partial charge in [-0.15, -0.1) is 0 Å². The van der Waals surface area contributed by atoms with Crippen LogP contribution >= 0.6 is 0 Å². The predicted molar refractivity (Wildman–Crippen MR) is 104 cm³/mol. The van der Waals surface area contributed by atoms with Gasteiger partial charge in [-0.2, -0.15) is 5.26 Å². The second-order valence-corrected chi connectivity index (χ2v) is 7.86. The number of carbonyl (C=O) groups excluding carboxylic acids is 2. The van der Waals surface area contributed by atoms with Crippen molar-refractivity contribution in [1.29, 1.82) is 5.26 Å². The van der Waals surface area contributed by atoms with Crippen molar-refractivity contribution in [3.8, 4) is 6.07 Å². The predicted octanol–water partition coefficient (Wildman–Crippen LogP) is 3.74. The number of nitrogens with zero attached hydrogens (tertiary/aromatic N) is 2. The van der Waals surface area contributed by atoms with Crippen LogP contribution in [0.15, 0.2) is 18.2 Å². The molecule has 0 aromatic heterocycles. The second kappa shape index (κ2) is 9.40. The Balaban J connectivity index is 1.88. The van der Waals surface area contributed by atoms with Crippen molar-refractivity contribution in [2.45, 2.75) is 45.6 Å². The molecule has 1 aromatic rings. The lowest BCUT2D eigenvalue weighted by atomic mass is 9.97. The van der Waals surface area contributed by atoms with E-state index in [1.54, 1.807) is 17.0 Å². The monoisotopic (exact) mass is 390 g/mol. The topological polar surface area (TPSA) is 94.5 Å². The summed E-state index contributed by atoms with van der Waals surface area (Å²) in [4.78, 5) is 25.5. The SMILES string of the molecule is CC(C)(C)OC(=O)N1CCC(CNc2ccc(F)cc2NC(=O)CC#N)CC1. The number of likely N-dealkylation sites (tertiary alicyclic amines) is 1. The minimum atomic E-state index is -0.509. The molecule has 0 spiro atoms. The Kier molecular flexibility index (Phi) is 7.21. The Morgan fingerprint density at radius 3 is 2.57 bits per heavy atom. The van der Waals surface area contributed by atoms with Crippen molar-refractivity contribution in [1.82, 2.24) is 4.90 Å². The maximum absolute atomic E-state index is 13.5. The van der Waals surface area contributed by atoms with Crippen LogP contribution in [0, 0.1) is 23.1 Å². The van der Waals surface area contributed by atoms with Crippen LogP contribution in [-0.2, 0) is 9.53 Å². The Bertz CT molecular complexity index is 747. The number of halogens is 1. The highest BCUT2D eigenvalue weighted by atomic mass is 19.1. The lowest BCUT2D eigenvalue weighted by molar-refractivity contribution is -0.115. The van der Waals surface area contributed by atoms with Crippen LogP contribution in [0.1, 0.15) is 40.0 Å². The first-order valence-corrected chi connectivity index (χ1v) is 9.36. The molecular weight excluding hydrogens is 363 g/mol. The molecule has 1 aliphatic rings. The molecule has 2 amide bonds. The minimum absolute atomic E-state index is 0.292. The molecule has 0 atom stereocenters. The summed E-state index contributed by atoms with van der Waals surface area (Å²) >= 11 is 0. The number of amides is 2. The normalized spacial score (nSPS) is 14.9. The van der Waals surface area contributed by atoms with E-state index in [0.29, 0.717) is 36.9 Å². The van der Waals surface area contributed by atoms with Gasteiger partial charge in [0.25, 0.3) is 0 Å². The molecule has 0 unspecified atom stereocenters. The summed E-state index contributed by atoms with van der Waals surface area (Å²) in [5.41, 5.74) is 0.401. The van der Waals surface area contributed by atoms with Gasteiger partial charge >= 0.3 is 6.09 Å². The van der Waals surface area contributed by atoms with Crippen molar-refractivity contribution in [2.24, 2.45) is 5.92 Å². The molecule has 2 N–H and O–H groups in total. The van der Waals surface area contributed by atoms with Crippen LogP contribution in [0.25, 0.3) is 0 Å². The number of anilines is 2. The lowest BCUT2D eigenvalue weighted by Gasteiger charge is -2.33. The van der Waals surface area contributed by atoms with E-state index < -0.39 is 17.3 Å². The van der Waals surface area contributed by atoms with Crippen LogP contribution in [0.4, 0.5) is 20.6 Å². The van der Waals surface area contributed by atoms with Crippen LogP contribution in [-0.4, -0.2) is 42.1 Å². The molecule has 0 radical (unpaired) electrons. The molecule has 1 aromatic carbocycles. The first-order chi connectivity index (χ1) is 13.2. The fourth-order valence-electron chi connectivity index (χ4n) is 2.94. The summed E-state index contributed by atoms with van der Waals surface area (Å²) in [6.07, 6.45) is 1.06. The van der Waals surface area contributed by atoms with E-state index in [0.717, 1.165) is 12.8 Å². The summed E-state index contributed by atoms with van der Waals surface area (Å²) in [6, 6.07) is 5.86. The highest BCUT2D eigenvalue weighted by Gasteiger charge is 2.26. The average Bonchev–Trinajstić information content (AvgIpc) is 2.60. The summed E-state index contributed by atoms with van der Waals surface area (Å²) in [5, 5.41) is 14.4. The van der Waals surface area contributed by atoms with E-state index in [4.69, 9.17) is 10.00 Å². The van der Waals surface area contributed by atoms with Crippen LogP contribution in [0.3, 0.4) is 0 Å². The van der Waals surface area contributed by atoms with Crippen molar-refractivity contribution >= 4 is 23.4 Å². The van der Waals surface area contributed by atoms with Gasteiger partial charge in [0.1, 0.15) is 17.8 Å². The van der Waals surface area contributed by atoms with Gasteiger partial charge in [-0.05, 0) is 57.7 Å². The van der Waals surface area contributed by atoms with E-state index in [-0.39, 0.29) is 12.5 Å². The summed E-state index contributed by atoms with van der Waals surface area (Å²) < 4.78 is 18.9. The molecule has 1 fully saturated rings. The summed E-state index contributed by atoms with van der Waals surface area (Å²) in [5.74, 6) is -0.614. The summed E-state index contributed by atoms with van der Waals surface area (Å²) in [6.45, 7) is 7.41. The molecule has 28 heavy (non-hydrogen) atoms. The zero-order valence-electron chi connectivity index (χ0n) is 16.5. The van der Waals surface area contributed by atoms with Gasteiger partial charge in [-0.1, -0.05) is 0 Å². The Morgan fingerprint density at radius 2 is 1.96 bits per heavy atom. The van der Waals surface area contributed by atoms with Gasteiger partial charge in [0.05, 0.1) is 17.4 Å². The van der Waals surface area contributed by atoms with Gasteiger partial charge in [0.2, 0.25) is 5.91 Å². The molecule has 0 saturated carbocycles. The van der Waals surface area contributed by atoms with Crippen molar-refractivity contribution in [3.05, 3.63) is 24.0 Å². The molecule has 1 saturated heterocycles. The number of piperidine rings is 1. The van der Waals surface area contributed by atoms with Gasteiger partial charge in [-0.25, -0.2) is 9.18 Å². The van der Waals surface area contributed by atoms with Crippen LogP contribution in [0.5, 0.6) is 0 Å². The van der Waals surface area contributed by atoms with Crippen LogP contribution in [0.2, 0.25) is 0 Å². The number of nitrogens with one attached hydrogen (secondary N) is 2. The zero-order chi connectivity index (χ0) is 20.7. The third kappa shape index (κ3) is 6.72. The van der Waals surface area contributed by atoms with E-state index >= 15 is 0 Å². The fraction of sp³-hybridized carbons (Fsp3) is 0.550. The Labute approximate surface area is 164 Å². The van der Waals surface area contributed by atoms with Crippen molar-refractivity contribution < 1.29 is 18.7 Å². The molecule has 0 aliphatic carbocycles. The Morgan fingerprint density at radius 1 is 1.29 bits per heavy atom. The number of hydrogen-bond donors (Lipinski definition) is 2. The quantitative estimate of drug-likeness (QED) is 0.799. The van der Waals surface area contributed by atoms with Gasteiger partial charge < -0.3 is 20.3 Å². The number of rotatable bonds is 5. The van der Waals surface area contributed by atoms with E-state index in [1.165, 1.54) is 12.1 Å². The molecule has 8 heteroatoms. The highest BCUT2D eigenvalue weighted by molar-refractivity contribution is 5.95. The number of ether oxygens (including phenoxy) is 1. The summed E-state index contributed by atoms with van der Waals surface area (Å²) in [7, 11) is 0. The fourth-order valence-corrected chi connectivity index (χ4v) is 2.94. The molecule has 0 bridgehead atoms. The van der Waals surface area contributed by atoms with Gasteiger partial charge in [-0.3, -0.25) is 4.79 Å². The van der Waals surface area contributed by atoms with E-state index in [2.05, 4.69) is 10.6 Å². The molecule has 2 rings (SSSR count). The number of benzene rings is 1. The first kappa shape index (κ1) is 21.5. The maximum atomic E-state index is 13.5. The molecule has 7 nitrogen and oxygen atoms in total. The van der Waals surface area contributed by atoms with Gasteiger partial charge in [0.15, 0.2) is 0 Å². The maximum Gasteiger partial charge on any atom is 0.410 e.